The topological polar surface area (TPSA) is 62.3 Å². The summed E-state index contributed by atoms with van der Waals surface area (Å²) in [7, 11) is 0. The van der Waals surface area contributed by atoms with Crippen LogP contribution >= 0.6 is 0 Å². The van der Waals surface area contributed by atoms with Crippen LogP contribution in [0.5, 0.6) is 0 Å². The van der Waals surface area contributed by atoms with Crippen molar-refractivity contribution in [3.63, 3.8) is 0 Å². The zero-order valence-electron chi connectivity index (χ0n) is 12.8. The van der Waals surface area contributed by atoms with Crippen LogP contribution in [0, 0.1) is 0 Å². The number of nitrogens with one attached hydrogen (secondary N) is 1. The lowest BCUT2D eigenvalue weighted by Crippen LogP contribution is -2.38. The molecule has 0 unspecified atom stereocenters. The first-order valence-corrected chi connectivity index (χ1v) is 7.77. The van der Waals surface area contributed by atoms with Gasteiger partial charge >= 0.3 is 0 Å². The zero-order valence-corrected chi connectivity index (χ0v) is 12.8. The smallest absolute Gasteiger partial charge is 0.253 e. The maximum absolute atomic E-state index is 12.4. The highest BCUT2D eigenvalue weighted by Gasteiger charge is 2.25. The summed E-state index contributed by atoms with van der Waals surface area (Å²) in [5.74, 6) is -0.0276. The standard InChI is InChI=1S/C18H19N3O2/c22-17-9-5-11-21(17)13-16(14-6-2-1-3-7-14)20-18(23)15-8-4-10-19-12-15/h1-4,6-8,10,12,16H,5,9,11,13H2,(H,20,23)/t16-/m1/s1. The van der Waals surface area contributed by atoms with Crippen LogP contribution in [0.2, 0.25) is 0 Å². The molecule has 0 bridgehead atoms. The van der Waals surface area contributed by atoms with Crippen LogP contribution in [0.25, 0.3) is 0 Å². The van der Waals surface area contributed by atoms with E-state index in [9.17, 15) is 9.59 Å². The predicted molar refractivity (Wildman–Crippen MR) is 86.7 cm³/mol. The normalized spacial score (nSPS) is 15.5. The molecule has 2 heterocycles. The molecule has 1 fully saturated rings. The van der Waals surface area contributed by atoms with Gasteiger partial charge in [-0.1, -0.05) is 30.3 Å². The van der Waals surface area contributed by atoms with Gasteiger partial charge in [-0.2, -0.15) is 0 Å². The number of aromatic nitrogens is 1. The number of amides is 2. The van der Waals surface area contributed by atoms with Crippen molar-refractivity contribution in [3.05, 3.63) is 66.0 Å². The molecule has 5 nitrogen and oxygen atoms in total. The van der Waals surface area contributed by atoms with E-state index in [0.717, 1.165) is 18.5 Å². The Hall–Kier alpha value is -2.69. The van der Waals surface area contributed by atoms with Crippen molar-refractivity contribution in [1.29, 1.82) is 0 Å². The molecule has 1 N–H and O–H groups in total. The molecular weight excluding hydrogens is 290 g/mol. The van der Waals surface area contributed by atoms with Crippen LogP contribution in [0.3, 0.4) is 0 Å². The van der Waals surface area contributed by atoms with Crippen molar-refractivity contribution in [2.24, 2.45) is 0 Å². The third-order valence-corrected chi connectivity index (χ3v) is 4.01. The molecule has 2 aromatic rings. The van der Waals surface area contributed by atoms with E-state index in [1.165, 1.54) is 0 Å². The van der Waals surface area contributed by atoms with E-state index in [2.05, 4.69) is 10.3 Å². The summed E-state index contributed by atoms with van der Waals surface area (Å²) in [5, 5.41) is 3.02. The van der Waals surface area contributed by atoms with Gasteiger partial charge in [-0.15, -0.1) is 0 Å². The number of benzene rings is 1. The SMILES string of the molecule is O=C(N[C@H](CN1CCCC1=O)c1ccccc1)c1cccnc1. The highest BCUT2D eigenvalue weighted by atomic mass is 16.2. The molecule has 1 aromatic carbocycles. The molecule has 1 aromatic heterocycles. The lowest BCUT2D eigenvalue weighted by molar-refractivity contribution is -0.128. The van der Waals surface area contributed by atoms with Gasteiger partial charge in [0.25, 0.3) is 5.91 Å². The Morgan fingerprint density at radius 3 is 2.70 bits per heavy atom. The van der Waals surface area contributed by atoms with Gasteiger partial charge in [0.1, 0.15) is 0 Å². The molecule has 1 aliphatic rings. The first-order valence-electron chi connectivity index (χ1n) is 7.77. The second-order valence-corrected chi connectivity index (χ2v) is 5.62. The highest BCUT2D eigenvalue weighted by molar-refractivity contribution is 5.94. The summed E-state index contributed by atoms with van der Waals surface area (Å²) < 4.78 is 0. The number of pyridine rings is 1. The second-order valence-electron chi connectivity index (χ2n) is 5.62. The fourth-order valence-electron chi connectivity index (χ4n) is 2.78. The van der Waals surface area contributed by atoms with Gasteiger partial charge in [0.15, 0.2) is 0 Å². The predicted octanol–water partition coefficient (Wildman–Crippen LogP) is 2.18. The monoisotopic (exact) mass is 309 g/mol. The van der Waals surface area contributed by atoms with Gasteiger partial charge in [-0.3, -0.25) is 14.6 Å². The van der Waals surface area contributed by atoms with E-state index in [1.54, 1.807) is 24.5 Å². The van der Waals surface area contributed by atoms with E-state index in [0.29, 0.717) is 18.5 Å². The Kier molecular flexibility index (Phi) is 4.66. The van der Waals surface area contributed by atoms with Crippen LogP contribution in [-0.2, 0) is 4.79 Å². The molecule has 0 aliphatic carbocycles. The molecule has 1 saturated heterocycles. The summed E-state index contributed by atoms with van der Waals surface area (Å²) >= 11 is 0. The minimum absolute atomic E-state index is 0.154. The molecular formula is C18H19N3O2. The average Bonchev–Trinajstić information content (AvgIpc) is 3.00. The van der Waals surface area contributed by atoms with E-state index in [4.69, 9.17) is 0 Å². The maximum Gasteiger partial charge on any atom is 0.253 e. The summed E-state index contributed by atoms with van der Waals surface area (Å²) in [4.78, 5) is 30.1. The van der Waals surface area contributed by atoms with Gasteiger partial charge in [-0.05, 0) is 24.1 Å². The minimum Gasteiger partial charge on any atom is -0.343 e. The van der Waals surface area contributed by atoms with Gasteiger partial charge in [0.05, 0.1) is 11.6 Å². The van der Waals surface area contributed by atoms with Gasteiger partial charge in [0.2, 0.25) is 5.91 Å². The number of carbonyl (C=O) groups is 2. The van der Waals surface area contributed by atoms with E-state index >= 15 is 0 Å². The van der Waals surface area contributed by atoms with Crippen molar-refractivity contribution in [2.45, 2.75) is 18.9 Å². The molecule has 2 amide bonds. The Balaban J connectivity index is 1.78. The Labute approximate surface area is 135 Å². The number of hydrogen-bond donors (Lipinski definition) is 1. The Bertz CT molecular complexity index is 673. The number of hydrogen-bond acceptors (Lipinski definition) is 3. The largest absolute Gasteiger partial charge is 0.343 e. The molecule has 23 heavy (non-hydrogen) atoms. The third-order valence-electron chi connectivity index (χ3n) is 4.01. The molecule has 3 rings (SSSR count). The lowest BCUT2D eigenvalue weighted by Gasteiger charge is -2.25. The zero-order chi connectivity index (χ0) is 16.1. The van der Waals surface area contributed by atoms with Crippen LogP contribution in [-0.4, -0.2) is 34.8 Å². The van der Waals surface area contributed by atoms with Gasteiger partial charge in [-0.25, -0.2) is 0 Å². The first kappa shape index (κ1) is 15.2. The summed E-state index contributed by atoms with van der Waals surface area (Å²) in [6, 6.07) is 13.0. The van der Waals surface area contributed by atoms with Gasteiger partial charge < -0.3 is 10.2 Å². The third kappa shape index (κ3) is 3.74. The number of likely N-dealkylation sites (tertiary alicyclic amines) is 1. The van der Waals surface area contributed by atoms with Crippen molar-refractivity contribution < 1.29 is 9.59 Å². The first-order chi connectivity index (χ1) is 11.2. The number of carbonyl (C=O) groups excluding carboxylic acids is 2. The van der Waals surface area contributed by atoms with Crippen molar-refractivity contribution in [2.75, 3.05) is 13.1 Å². The maximum atomic E-state index is 12.4. The molecule has 1 atom stereocenters. The highest BCUT2D eigenvalue weighted by Crippen LogP contribution is 2.19. The van der Waals surface area contributed by atoms with Crippen LogP contribution in [0.1, 0.15) is 34.8 Å². The summed E-state index contributed by atoms with van der Waals surface area (Å²) in [5.41, 5.74) is 1.51. The lowest BCUT2D eigenvalue weighted by atomic mass is 10.1. The van der Waals surface area contributed by atoms with Crippen LogP contribution < -0.4 is 5.32 Å². The fraction of sp³-hybridized carbons (Fsp3) is 0.278. The molecule has 0 saturated carbocycles. The molecule has 0 spiro atoms. The minimum atomic E-state index is -0.231. The molecule has 118 valence electrons. The average molecular weight is 309 g/mol. The Morgan fingerprint density at radius 2 is 2.04 bits per heavy atom. The Morgan fingerprint density at radius 1 is 1.22 bits per heavy atom. The summed E-state index contributed by atoms with van der Waals surface area (Å²) in [6.45, 7) is 1.25. The number of rotatable bonds is 5. The van der Waals surface area contributed by atoms with Gasteiger partial charge in [0, 0.05) is 31.9 Å². The van der Waals surface area contributed by atoms with E-state index in [-0.39, 0.29) is 17.9 Å². The van der Waals surface area contributed by atoms with E-state index < -0.39 is 0 Å². The van der Waals surface area contributed by atoms with Crippen molar-refractivity contribution in [3.8, 4) is 0 Å². The summed E-state index contributed by atoms with van der Waals surface area (Å²) in [6.07, 6.45) is 4.65. The van der Waals surface area contributed by atoms with Crippen LogP contribution in [0.4, 0.5) is 0 Å². The van der Waals surface area contributed by atoms with Crippen molar-refractivity contribution in [1.82, 2.24) is 15.2 Å². The molecule has 5 heteroatoms. The van der Waals surface area contributed by atoms with Crippen LogP contribution in [0.15, 0.2) is 54.9 Å². The molecule has 1 aliphatic heterocycles. The van der Waals surface area contributed by atoms with Crippen molar-refractivity contribution >= 4 is 11.8 Å². The molecule has 0 radical (unpaired) electrons. The number of nitrogens with zero attached hydrogens (tertiary/aromatic N) is 2. The quantitative estimate of drug-likeness (QED) is 0.921. The van der Waals surface area contributed by atoms with E-state index in [1.807, 2.05) is 35.2 Å². The fourth-order valence-corrected chi connectivity index (χ4v) is 2.78. The second kappa shape index (κ2) is 7.05.